The lowest BCUT2D eigenvalue weighted by Gasteiger charge is -2.08. The molecule has 1 atom stereocenters. The summed E-state index contributed by atoms with van der Waals surface area (Å²) in [6.07, 6.45) is 0. The maximum atomic E-state index is 13.0. The van der Waals surface area contributed by atoms with E-state index in [1.165, 1.54) is 29.2 Å². The van der Waals surface area contributed by atoms with Crippen LogP contribution in [0.15, 0.2) is 28.0 Å². The molecular formula is C11H8F2N2OS2. The van der Waals surface area contributed by atoms with Gasteiger partial charge in [-0.15, -0.1) is 10.2 Å². The zero-order valence-corrected chi connectivity index (χ0v) is 10.9. The van der Waals surface area contributed by atoms with Gasteiger partial charge in [0.05, 0.1) is 5.25 Å². The fourth-order valence-electron chi connectivity index (χ4n) is 1.30. The Morgan fingerprint density at radius 2 is 2.17 bits per heavy atom. The van der Waals surface area contributed by atoms with Gasteiger partial charge in [0.1, 0.15) is 5.51 Å². The molecule has 3 nitrogen and oxygen atoms in total. The number of carbonyl (C=O) groups is 1. The average Bonchev–Trinajstić information content (AvgIpc) is 2.84. The van der Waals surface area contributed by atoms with E-state index in [0.29, 0.717) is 4.34 Å². The molecule has 0 saturated carbocycles. The number of thioether (sulfide) groups is 1. The summed E-state index contributed by atoms with van der Waals surface area (Å²) in [5.74, 6) is -2.25. The highest BCUT2D eigenvalue weighted by atomic mass is 32.2. The Morgan fingerprint density at radius 1 is 1.39 bits per heavy atom. The van der Waals surface area contributed by atoms with Crippen molar-refractivity contribution in [2.24, 2.45) is 0 Å². The fraction of sp³-hybridized carbons (Fsp3) is 0.182. The second-order valence-electron chi connectivity index (χ2n) is 3.46. The summed E-state index contributed by atoms with van der Waals surface area (Å²) in [6.45, 7) is 1.69. The number of rotatable bonds is 4. The molecule has 7 heteroatoms. The van der Waals surface area contributed by atoms with Crippen molar-refractivity contribution in [3.63, 3.8) is 0 Å². The lowest BCUT2D eigenvalue weighted by atomic mass is 10.1. The number of hydrogen-bond acceptors (Lipinski definition) is 5. The van der Waals surface area contributed by atoms with Crippen molar-refractivity contribution >= 4 is 28.9 Å². The number of carbonyl (C=O) groups excluding carboxylic acids is 1. The summed E-state index contributed by atoms with van der Waals surface area (Å²) in [7, 11) is 0. The van der Waals surface area contributed by atoms with E-state index in [-0.39, 0.29) is 11.3 Å². The van der Waals surface area contributed by atoms with Crippen molar-refractivity contribution in [1.82, 2.24) is 10.2 Å². The Bertz CT molecular complexity index is 560. The number of halogens is 2. The summed E-state index contributed by atoms with van der Waals surface area (Å²) in [6, 6.07) is 3.14. The highest BCUT2D eigenvalue weighted by Gasteiger charge is 2.19. The Morgan fingerprint density at radius 3 is 2.78 bits per heavy atom. The number of benzene rings is 1. The zero-order valence-electron chi connectivity index (χ0n) is 9.26. The van der Waals surface area contributed by atoms with Crippen molar-refractivity contribution < 1.29 is 13.6 Å². The maximum absolute atomic E-state index is 13.0. The van der Waals surface area contributed by atoms with Crippen LogP contribution in [0.5, 0.6) is 0 Å². The SMILES string of the molecule is C[C@@H](Sc1nncs1)C(=O)c1ccc(F)c(F)c1. The van der Waals surface area contributed by atoms with Crippen molar-refractivity contribution in [2.75, 3.05) is 0 Å². The third-order valence-electron chi connectivity index (χ3n) is 2.19. The van der Waals surface area contributed by atoms with Gasteiger partial charge in [-0.1, -0.05) is 23.1 Å². The topological polar surface area (TPSA) is 42.9 Å². The highest BCUT2D eigenvalue weighted by molar-refractivity contribution is 8.02. The third-order valence-corrected chi connectivity index (χ3v) is 4.10. The van der Waals surface area contributed by atoms with E-state index in [2.05, 4.69) is 10.2 Å². The van der Waals surface area contributed by atoms with Crippen LogP contribution in [0.1, 0.15) is 17.3 Å². The summed E-state index contributed by atoms with van der Waals surface area (Å²) in [5.41, 5.74) is 1.72. The molecule has 1 aromatic heterocycles. The Balaban J connectivity index is 2.12. The normalized spacial score (nSPS) is 12.4. The molecule has 0 saturated heterocycles. The molecule has 18 heavy (non-hydrogen) atoms. The van der Waals surface area contributed by atoms with Gasteiger partial charge in [0, 0.05) is 5.56 Å². The fourth-order valence-corrected chi connectivity index (χ4v) is 3.01. The first-order chi connectivity index (χ1) is 8.58. The number of aromatic nitrogens is 2. The minimum Gasteiger partial charge on any atom is -0.293 e. The summed E-state index contributed by atoms with van der Waals surface area (Å²) < 4.78 is 26.5. The van der Waals surface area contributed by atoms with Crippen LogP contribution in [0.3, 0.4) is 0 Å². The molecule has 0 amide bonds. The van der Waals surface area contributed by atoms with Crippen LogP contribution in [0, 0.1) is 11.6 Å². The molecule has 1 aromatic carbocycles. The molecule has 0 aliphatic rings. The molecule has 0 aliphatic heterocycles. The van der Waals surface area contributed by atoms with Crippen LogP contribution in [-0.4, -0.2) is 21.2 Å². The Labute approximate surface area is 110 Å². The average molecular weight is 286 g/mol. The smallest absolute Gasteiger partial charge is 0.176 e. The van der Waals surface area contributed by atoms with E-state index in [1.807, 2.05) is 0 Å². The van der Waals surface area contributed by atoms with Crippen LogP contribution >= 0.6 is 23.1 Å². The minimum atomic E-state index is -1.02. The molecule has 0 spiro atoms. The van der Waals surface area contributed by atoms with Gasteiger partial charge in [-0.3, -0.25) is 4.79 Å². The molecule has 2 rings (SSSR count). The molecule has 0 unspecified atom stereocenters. The van der Waals surface area contributed by atoms with Gasteiger partial charge in [-0.25, -0.2) is 8.78 Å². The molecule has 0 radical (unpaired) electrons. The van der Waals surface area contributed by atoms with Gasteiger partial charge < -0.3 is 0 Å². The van der Waals surface area contributed by atoms with Gasteiger partial charge >= 0.3 is 0 Å². The summed E-state index contributed by atoms with van der Waals surface area (Å²) in [5, 5.41) is 7.04. The minimum absolute atomic E-state index is 0.151. The zero-order chi connectivity index (χ0) is 13.1. The standard InChI is InChI=1S/C11H8F2N2OS2/c1-6(18-11-15-14-5-17-11)10(16)7-2-3-8(12)9(13)4-7/h2-6H,1H3/t6-/m1/s1. The largest absolute Gasteiger partial charge is 0.293 e. The van der Waals surface area contributed by atoms with E-state index < -0.39 is 16.9 Å². The van der Waals surface area contributed by atoms with E-state index >= 15 is 0 Å². The predicted octanol–water partition coefficient (Wildman–Crippen LogP) is 3.18. The predicted molar refractivity (Wildman–Crippen MR) is 65.9 cm³/mol. The highest BCUT2D eigenvalue weighted by Crippen LogP contribution is 2.26. The first kappa shape index (κ1) is 13.1. The van der Waals surface area contributed by atoms with Crippen LogP contribution < -0.4 is 0 Å². The molecule has 2 aromatic rings. The molecule has 1 heterocycles. The summed E-state index contributed by atoms with van der Waals surface area (Å²) >= 11 is 2.57. The molecule has 0 N–H and O–H groups in total. The number of ketones is 1. The van der Waals surface area contributed by atoms with E-state index in [9.17, 15) is 13.6 Å². The molecular weight excluding hydrogens is 278 g/mol. The van der Waals surface area contributed by atoms with Gasteiger partial charge in [-0.05, 0) is 25.1 Å². The van der Waals surface area contributed by atoms with E-state index in [1.54, 1.807) is 12.4 Å². The lowest BCUT2D eigenvalue weighted by Crippen LogP contribution is -2.13. The van der Waals surface area contributed by atoms with Gasteiger partial charge in [0.2, 0.25) is 0 Å². The van der Waals surface area contributed by atoms with Gasteiger partial charge in [0.25, 0.3) is 0 Å². The van der Waals surface area contributed by atoms with E-state index in [0.717, 1.165) is 12.1 Å². The second-order valence-corrected chi connectivity index (χ2v) is 5.88. The lowest BCUT2D eigenvalue weighted by molar-refractivity contribution is 0.0993. The van der Waals surface area contributed by atoms with Crippen LogP contribution in [0.4, 0.5) is 8.78 Å². The van der Waals surface area contributed by atoms with Gasteiger partial charge in [-0.2, -0.15) is 0 Å². The molecule has 0 aliphatic carbocycles. The molecule has 94 valence electrons. The number of hydrogen-bond donors (Lipinski definition) is 0. The van der Waals surface area contributed by atoms with Crippen LogP contribution in [0.2, 0.25) is 0 Å². The Kier molecular flexibility index (Phi) is 4.03. The van der Waals surface area contributed by atoms with Crippen LogP contribution in [-0.2, 0) is 0 Å². The summed E-state index contributed by atoms with van der Waals surface area (Å²) in [4.78, 5) is 12.0. The number of Topliss-reactive ketones (excluding diaryl/α,β-unsaturated/α-hetero) is 1. The molecule has 0 bridgehead atoms. The van der Waals surface area contributed by atoms with Gasteiger partial charge in [0.15, 0.2) is 21.8 Å². The monoisotopic (exact) mass is 286 g/mol. The first-order valence-corrected chi connectivity index (χ1v) is 6.76. The van der Waals surface area contributed by atoms with Crippen molar-refractivity contribution in [1.29, 1.82) is 0 Å². The number of nitrogens with zero attached hydrogens (tertiary/aromatic N) is 2. The molecule has 0 fully saturated rings. The quantitative estimate of drug-likeness (QED) is 0.639. The van der Waals surface area contributed by atoms with Crippen molar-refractivity contribution in [3.05, 3.63) is 40.9 Å². The van der Waals surface area contributed by atoms with Crippen molar-refractivity contribution in [2.45, 2.75) is 16.5 Å². The first-order valence-electron chi connectivity index (χ1n) is 5.00. The maximum Gasteiger partial charge on any atom is 0.176 e. The Hall–Kier alpha value is -1.34. The second kappa shape index (κ2) is 5.53. The van der Waals surface area contributed by atoms with Crippen LogP contribution in [0.25, 0.3) is 0 Å². The third kappa shape index (κ3) is 2.91. The van der Waals surface area contributed by atoms with E-state index in [4.69, 9.17) is 0 Å². The van der Waals surface area contributed by atoms with Crippen molar-refractivity contribution in [3.8, 4) is 0 Å².